The molecule has 1 aromatic carbocycles. The average molecular weight is 231 g/mol. The zero-order valence-corrected chi connectivity index (χ0v) is 10.9. The highest BCUT2D eigenvalue weighted by Crippen LogP contribution is 2.21. The summed E-state index contributed by atoms with van der Waals surface area (Å²) < 4.78 is 5.87. The minimum Gasteiger partial charge on any atom is -0.490 e. The number of rotatable bonds is 4. The van der Waals surface area contributed by atoms with Gasteiger partial charge >= 0.3 is 0 Å². The molecule has 0 saturated heterocycles. The second-order valence-electron chi connectivity index (χ2n) is 4.20. The second kappa shape index (κ2) is 6.98. The molecule has 0 radical (unpaired) electrons. The van der Waals surface area contributed by atoms with Gasteiger partial charge in [-0.3, -0.25) is 0 Å². The highest BCUT2D eigenvalue weighted by molar-refractivity contribution is 5.43. The van der Waals surface area contributed by atoms with Gasteiger partial charge in [0.15, 0.2) is 0 Å². The van der Waals surface area contributed by atoms with Crippen molar-refractivity contribution in [3.63, 3.8) is 0 Å². The molecule has 0 aromatic heterocycles. The van der Waals surface area contributed by atoms with Crippen LogP contribution in [-0.4, -0.2) is 12.6 Å². The van der Waals surface area contributed by atoms with Crippen LogP contribution in [0.25, 0.3) is 0 Å². The van der Waals surface area contributed by atoms with Crippen LogP contribution in [0.3, 0.4) is 0 Å². The number of hydrogen-bond acceptors (Lipinski definition) is 2. The third-order valence-electron chi connectivity index (χ3n) is 2.53. The van der Waals surface area contributed by atoms with Crippen molar-refractivity contribution in [1.82, 2.24) is 0 Å². The molecule has 0 saturated carbocycles. The van der Waals surface area contributed by atoms with E-state index >= 15 is 0 Å². The van der Waals surface area contributed by atoms with E-state index in [2.05, 4.69) is 25.7 Å². The molecular formula is C15H21NO. The summed E-state index contributed by atoms with van der Waals surface area (Å²) >= 11 is 0. The van der Waals surface area contributed by atoms with E-state index in [1.54, 1.807) is 0 Å². The Balaban J connectivity index is 2.75. The van der Waals surface area contributed by atoms with Crippen molar-refractivity contribution in [3.8, 4) is 17.6 Å². The van der Waals surface area contributed by atoms with Crippen molar-refractivity contribution >= 4 is 0 Å². The Bertz CT molecular complexity index is 415. The molecule has 2 nitrogen and oxygen atoms in total. The second-order valence-corrected chi connectivity index (χ2v) is 4.20. The number of benzene rings is 1. The van der Waals surface area contributed by atoms with Crippen LogP contribution in [0.5, 0.6) is 5.75 Å². The summed E-state index contributed by atoms with van der Waals surface area (Å²) in [4.78, 5) is 0. The van der Waals surface area contributed by atoms with Crippen LogP contribution < -0.4 is 10.5 Å². The van der Waals surface area contributed by atoms with Crippen molar-refractivity contribution in [2.75, 3.05) is 6.54 Å². The molecule has 0 fully saturated rings. The summed E-state index contributed by atoms with van der Waals surface area (Å²) in [6.07, 6.45) is 2.48. The molecule has 1 aromatic rings. The zero-order chi connectivity index (χ0) is 12.7. The van der Waals surface area contributed by atoms with Crippen molar-refractivity contribution in [1.29, 1.82) is 0 Å². The third-order valence-corrected chi connectivity index (χ3v) is 2.53. The molecule has 0 aliphatic heterocycles. The minimum atomic E-state index is 0.264. The Kier molecular flexibility index (Phi) is 5.59. The number of nitrogens with two attached hydrogens (primary N) is 1. The Hall–Kier alpha value is -1.46. The first kappa shape index (κ1) is 13.6. The van der Waals surface area contributed by atoms with E-state index in [1.165, 1.54) is 0 Å². The molecule has 2 N–H and O–H groups in total. The molecule has 0 amide bonds. The highest BCUT2D eigenvalue weighted by atomic mass is 16.5. The Morgan fingerprint density at radius 3 is 2.76 bits per heavy atom. The molecular weight excluding hydrogens is 210 g/mol. The van der Waals surface area contributed by atoms with Crippen molar-refractivity contribution in [2.24, 2.45) is 5.73 Å². The minimum absolute atomic E-state index is 0.264. The first-order valence-electron chi connectivity index (χ1n) is 6.13. The van der Waals surface area contributed by atoms with Gasteiger partial charge in [-0.25, -0.2) is 0 Å². The van der Waals surface area contributed by atoms with Gasteiger partial charge in [0, 0.05) is 5.56 Å². The Morgan fingerprint density at radius 2 is 2.18 bits per heavy atom. The molecule has 1 atom stereocenters. The van der Waals surface area contributed by atoms with Crippen LogP contribution in [0.4, 0.5) is 0 Å². The maximum absolute atomic E-state index is 5.87. The van der Waals surface area contributed by atoms with Crippen LogP contribution in [0.15, 0.2) is 18.2 Å². The van der Waals surface area contributed by atoms with Crippen molar-refractivity contribution < 1.29 is 4.74 Å². The van der Waals surface area contributed by atoms with E-state index in [0.717, 1.165) is 29.7 Å². The van der Waals surface area contributed by atoms with Crippen LogP contribution in [0.1, 0.15) is 37.8 Å². The predicted molar refractivity (Wildman–Crippen MR) is 72.1 cm³/mol. The van der Waals surface area contributed by atoms with Gasteiger partial charge in [0.25, 0.3) is 0 Å². The predicted octanol–water partition coefficient (Wildman–Crippen LogP) is 2.87. The van der Waals surface area contributed by atoms with Gasteiger partial charge in [0.2, 0.25) is 0 Å². The van der Waals surface area contributed by atoms with Gasteiger partial charge in [-0.05, 0) is 44.0 Å². The summed E-state index contributed by atoms with van der Waals surface area (Å²) in [6.45, 7) is 6.70. The summed E-state index contributed by atoms with van der Waals surface area (Å²) in [5.41, 5.74) is 7.46. The highest BCUT2D eigenvalue weighted by Gasteiger charge is 2.05. The topological polar surface area (TPSA) is 35.2 Å². The number of hydrogen-bond donors (Lipinski definition) is 1. The number of aryl methyl sites for hydroxylation is 1. The lowest BCUT2D eigenvalue weighted by Gasteiger charge is -2.15. The lowest BCUT2D eigenvalue weighted by atomic mass is 10.1. The molecule has 0 bridgehead atoms. The van der Waals surface area contributed by atoms with Crippen LogP contribution in [-0.2, 0) is 0 Å². The van der Waals surface area contributed by atoms with Crippen molar-refractivity contribution in [3.05, 3.63) is 29.3 Å². The fraction of sp³-hybridized carbons (Fsp3) is 0.467. The molecule has 1 rings (SSSR count). The van der Waals surface area contributed by atoms with Gasteiger partial charge in [-0.1, -0.05) is 25.2 Å². The zero-order valence-electron chi connectivity index (χ0n) is 10.9. The fourth-order valence-corrected chi connectivity index (χ4v) is 1.69. The molecule has 92 valence electrons. The summed E-state index contributed by atoms with van der Waals surface area (Å²) in [6, 6.07) is 6.00. The maximum Gasteiger partial charge on any atom is 0.122 e. The summed E-state index contributed by atoms with van der Waals surface area (Å²) in [5.74, 6) is 6.82. The fourth-order valence-electron chi connectivity index (χ4n) is 1.69. The normalized spacial score (nSPS) is 11.5. The SMILES string of the molecule is CCCC(C)Oc1ccc(C#CCN)cc1C. The van der Waals surface area contributed by atoms with Gasteiger partial charge in [-0.2, -0.15) is 0 Å². The van der Waals surface area contributed by atoms with Gasteiger partial charge in [0.05, 0.1) is 12.6 Å². The van der Waals surface area contributed by atoms with E-state index < -0.39 is 0 Å². The van der Waals surface area contributed by atoms with E-state index in [4.69, 9.17) is 10.5 Å². The van der Waals surface area contributed by atoms with Crippen LogP contribution >= 0.6 is 0 Å². The number of ether oxygens (including phenoxy) is 1. The van der Waals surface area contributed by atoms with Crippen LogP contribution in [0.2, 0.25) is 0 Å². The quantitative estimate of drug-likeness (QED) is 0.809. The molecule has 0 heterocycles. The van der Waals surface area contributed by atoms with Gasteiger partial charge < -0.3 is 10.5 Å². The Labute approximate surface area is 104 Å². The molecule has 0 aliphatic rings. The first-order valence-corrected chi connectivity index (χ1v) is 6.13. The smallest absolute Gasteiger partial charge is 0.122 e. The molecule has 0 spiro atoms. The van der Waals surface area contributed by atoms with E-state index in [-0.39, 0.29) is 6.10 Å². The standard InChI is InChI=1S/C15H21NO/c1-4-6-13(3)17-15-9-8-14(7-5-10-16)11-12(15)2/h8-9,11,13H,4,6,10,16H2,1-3H3. The third kappa shape index (κ3) is 4.50. The maximum atomic E-state index is 5.87. The average Bonchev–Trinajstić information content (AvgIpc) is 2.30. The lowest BCUT2D eigenvalue weighted by Crippen LogP contribution is -2.11. The molecule has 2 heteroatoms. The monoisotopic (exact) mass is 231 g/mol. The largest absolute Gasteiger partial charge is 0.490 e. The van der Waals surface area contributed by atoms with E-state index in [0.29, 0.717) is 6.54 Å². The van der Waals surface area contributed by atoms with Crippen molar-refractivity contribution in [2.45, 2.75) is 39.7 Å². The molecule has 1 unspecified atom stereocenters. The van der Waals surface area contributed by atoms with E-state index in [9.17, 15) is 0 Å². The summed E-state index contributed by atoms with van der Waals surface area (Å²) in [5, 5.41) is 0. The molecule has 17 heavy (non-hydrogen) atoms. The first-order chi connectivity index (χ1) is 8.17. The summed E-state index contributed by atoms with van der Waals surface area (Å²) in [7, 11) is 0. The van der Waals surface area contributed by atoms with Gasteiger partial charge in [-0.15, -0.1) is 0 Å². The van der Waals surface area contributed by atoms with E-state index in [1.807, 2.05) is 25.1 Å². The van der Waals surface area contributed by atoms with Gasteiger partial charge in [0.1, 0.15) is 5.75 Å². The lowest BCUT2D eigenvalue weighted by molar-refractivity contribution is 0.208. The van der Waals surface area contributed by atoms with Crippen LogP contribution in [0, 0.1) is 18.8 Å². The Morgan fingerprint density at radius 1 is 1.41 bits per heavy atom. The molecule has 0 aliphatic carbocycles.